The van der Waals surface area contributed by atoms with Crippen molar-refractivity contribution in [1.82, 2.24) is 10.1 Å². The second kappa shape index (κ2) is 4.72. The van der Waals surface area contributed by atoms with Crippen molar-refractivity contribution in [2.24, 2.45) is 0 Å². The van der Waals surface area contributed by atoms with Crippen LogP contribution in [0, 0.1) is 0 Å². The van der Waals surface area contributed by atoms with E-state index in [1.54, 1.807) is 18.2 Å². The number of benzene rings is 1. The molecule has 0 saturated heterocycles. The highest BCUT2D eigenvalue weighted by Gasteiger charge is 2.16. The molecule has 0 aliphatic rings. The molecule has 0 amide bonds. The van der Waals surface area contributed by atoms with E-state index in [-0.39, 0.29) is 0 Å². The van der Waals surface area contributed by atoms with Gasteiger partial charge in [0.05, 0.1) is 20.5 Å². The van der Waals surface area contributed by atoms with Crippen LogP contribution < -0.4 is 0 Å². The van der Waals surface area contributed by atoms with E-state index in [1.165, 1.54) is 11.3 Å². The zero-order valence-electron chi connectivity index (χ0n) is 8.93. The van der Waals surface area contributed by atoms with E-state index in [0.717, 1.165) is 4.88 Å². The average molecular weight is 297 g/mol. The summed E-state index contributed by atoms with van der Waals surface area (Å²) >= 11 is 13.7. The molecule has 0 atom stereocenters. The summed E-state index contributed by atoms with van der Waals surface area (Å²) in [6.45, 7) is 0. The molecule has 0 unspecified atom stereocenters. The Balaban J connectivity index is 2.09. The SMILES string of the molecule is Clc1cccc(Cl)c1-c1noc(-c2cccs2)n1. The minimum Gasteiger partial charge on any atom is -0.333 e. The van der Waals surface area contributed by atoms with Crippen molar-refractivity contribution < 1.29 is 4.52 Å². The van der Waals surface area contributed by atoms with Crippen molar-refractivity contribution in [3.8, 4) is 22.2 Å². The molecule has 2 aromatic heterocycles. The van der Waals surface area contributed by atoms with E-state index in [0.29, 0.717) is 27.3 Å². The quantitative estimate of drug-likeness (QED) is 0.683. The van der Waals surface area contributed by atoms with Crippen LogP contribution in [0.4, 0.5) is 0 Å². The fourth-order valence-corrected chi connectivity index (χ4v) is 2.75. The van der Waals surface area contributed by atoms with Crippen molar-refractivity contribution in [2.75, 3.05) is 0 Å². The maximum absolute atomic E-state index is 6.09. The Labute approximate surface area is 117 Å². The lowest BCUT2D eigenvalue weighted by Gasteiger charge is -2.00. The Hall–Kier alpha value is -1.36. The summed E-state index contributed by atoms with van der Waals surface area (Å²) < 4.78 is 5.21. The molecule has 6 heteroatoms. The van der Waals surface area contributed by atoms with Crippen LogP contribution in [-0.2, 0) is 0 Å². The van der Waals surface area contributed by atoms with Crippen LogP contribution in [-0.4, -0.2) is 10.1 Å². The zero-order chi connectivity index (χ0) is 12.5. The smallest absolute Gasteiger partial charge is 0.268 e. The molecular weight excluding hydrogens is 291 g/mol. The molecule has 3 aromatic rings. The summed E-state index contributed by atoms with van der Waals surface area (Å²) in [7, 11) is 0. The van der Waals surface area contributed by atoms with Crippen LogP contribution in [0.5, 0.6) is 0 Å². The highest BCUT2D eigenvalue weighted by atomic mass is 35.5. The predicted molar refractivity (Wildman–Crippen MR) is 73.1 cm³/mol. The number of hydrogen-bond acceptors (Lipinski definition) is 4. The molecule has 0 radical (unpaired) electrons. The van der Waals surface area contributed by atoms with Gasteiger partial charge in [-0.3, -0.25) is 0 Å². The minimum atomic E-state index is 0.397. The molecular formula is C12H6Cl2N2OS. The van der Waals surface area contributed by atoms with E-state index >= 15 is 0 Å². The highest BCUT2D eigenvalue weighted by molar-refractivity contribution is 7.13. The third-order valence-electron chi connectivity index (χ3n) is 2.34. The first-order chi connectivity index (χ1) is 8.75. The molecule has 0 N–H and O–H groups in total. The first-order valence-corrected chi connectivity index (χ1v) is 6.71. The summed E-state index contributed by atoms with van der Waals surface area (Å²) in [6, 6.07) is 9.09. The van der Waals surface area contributed by atoms with Gasteiger partial charge in [-0.1, -0.05) is 40.5 Å². The summed E-state index contributed by atoms with van der Waals surface area (Å²) in [5.74, 6) is 0.866. The Kier molecular flexibility index (Phi) is 3.07. The maximum atomic E-state index is 6.09. The Morgan fingerprint density at radius 1 is 1.06 bits per heavy atom. The third-order valence-corrected chi connectivity index (χ3v) is 3.83. The summed E-state index contributed by atoms with van der Waals surface area (Å²) in [4.78, 5) is 5.22. The molecule has 2 heterocycles. The lowest BCUT2D eigenvalue weighted by molar-refractivity contribution is 0.433. The van der Waals surface area contributed by atoms with Crippen molar-refractivity contribution >= 4 is 34.5 Å². The van der Waals surface area contributed by atoms with Crippen molar-refractivity contribution in [1.29, 1.82) is 0 Å². The number of halogens is 2. The van der Waals surface area contributed by atoms with Crippen molar-refractivity contribution in [3.05, 3.63) is 45.8 Å². The zero-order valence-corrected chi connectivity index (χ0v) is 11.3. The van der Waals surface area contributed by atoms with Crippen molar-refractivity contribution in [3.63, 3.8) is 0 Å². The van der Waals surface area contributed by atoms with Crippen LogP contribution in [0.2, 0.25) is 10.0 Å². The summed E-state index contributed by atoms with van der Waals surface area (Å²) in [5, 5.41) is 6.86. The first-order valence-electron chi connectivity index (χ1n) is 5.07. The second-order valence-corrected chi connectivity index (χ2v) is 5.26. The Morgan fingerprint density at radius 3 is 2.50 bits per heavy atom. The van der Waals surface area contributed by atoms with E-state index in [2.05, 4.69) is 10.1 Å². The number of nitrogens with zero attached hydrogens (tertiary/aromatic N) is 2. The van der Waals surface area contributed by atoms with Gasteiger partial charge >= 0.3 is 0 Å². The number of thiophene rings is 1. The fraction of sp³-hybridized carbons (Fsp3) is 0. The van der Waals surface area contributed by atoms with Gasteiger partial charge in [0.25, 0.3) is 5.89 Å². The fourth-order valence-electron chi connectivity index (χ4n) is 1.54. The molecule has 0 spiro atoms. The van der Waals surface area contributed by atoms with Crippen molar-refractivity contribution in [2.45, 2.75) is 0 Å². The highest BCUT2D eigenvalue weighted by Crippen LogP contribution is 2.34. The monoisotopic (exact) mass is 296 g/mol. The first kappa shape index (κ1) is 11.7. The van der Waals surface area contributed by atoms with Gasteiger partial charge in [0.1, 0.15) is 0 Å². The molecule has 3 nitrogen and oxygen atoms in total. The summed E-state index contributed by atoms with van der Waals surface area (Å²) in [6.07, 6.45) is 0. The topological polar surface area (TPSA) is 38.9 Å². The molecule has 0 aliphatic heterocycles. The van der Waals surface area contributed by atoms with E-state index in [4.69, 9.17) is 27.7 Å². The van der Waals surface area contributed by atoms with Gasteiger partial charge in [0.2, 0.25) is 5.82 Å². The van der Waals surface area contributed by atoms with Gasteiger partial charge < -0.3 is 4.52 Å². The summed E-state index contributed by atoms with van der Waals surface area (Å²) in [5.41, 5.74) is 0.590. The van der Waals surface area contributed by atoms with E-state index in [9.17, 15) is 0 Å². The van der Waals surface area contributed by atoms with Crippen LogP contribution in [0.1, 0.15) is 0 Å². The van der Waals surface area contributed by atoms with Crippen LogP contribution in [0.3, 0.4) is 0 Å². The lowest BCUT2D eigenvalue weighted by atomic mass is 10.2. The second-order valence-electron chi connectivity index (χ2n) is 3.50. The maximum Gasteiger partial charge on any atom is 0.268 e. The van der Waals surface area contributed by atoms with Gasteiger partial charge in [0.15, 0.2) is 0 Å². The van der Waals surface area contributed by atoms with Gasteiger partial charge in [-0.25, -0.2) is 0 Å². The Morgan fingerprint density at radius 2 is 1.83 bits per heavy atom. The van der Waals surface area contributed by atoms with Crippen LogP contribution in [0.25, 0.3) is 22.2 Å². The molecule has 0 bridgehead atoms. The molecule has 18 heavy (non-hydrogen) atoms. The van der Waals surface area contributed by atoms with Gasteiger partial charge in [-0.15, -0.1) is 11.3 Å². The van der Waals surface area contributed by atoms with Gasteiger partial charge in [-0.05, 0) is 23.6 Å². The number of aromatic nitrogens is 2. The normalized spacial score (nSPS) is 10.8. The molecule has 1 aromatic carbocycles. The van der Waals surface area contributed by atoms with Gasteiger partial charge in [-0.2, -0.15) is 4.98 Å². The molecule has 0 fully saturated rings. The van der Waals surface area contributed by atoms with E-state index in [1.807, 2.05) is 17.5 Å². The molecule has 3 rings (SSSR count). The van der Waals surface area contributed by atoms with E-state index < -0.39 is 0 Å². The average Bonchev–Trinajstić information content (AvgIpc) is 2.99. The number of hydrogen-bond donors (Lipinski definition) is 0. The Bertz CT molecular complexity index is 659. The van der Waals surface area contributed by atoms with Crippen LogP contribution >= 0.6 is 34.5 Å². The number of rotatable bonds is 2. The van der Waals surface area contributed by atoms with Gasteiger partial charge in [0, 0.05) is 0 Å². The largest absolute Gasteiger partial charge is 0.333 e. The molecule has 90 valence electrons. The minimum absolute atomic E-state index is 0.397. The molecule has 0 saturated carbocycles. The molecule has 0 aliphatic carbocycles. The standard InChI is InChI=1S/C12H6Cl2N2OS/c13-7-3-1-4-8(14)10(7)11-15-12(17-16-11)9-5-2-6-18-9/h1-6H. The predicted octanol–water partition coefficient (Wildman–Crippen LogP) is 4.77. The van der Waals surface area contributed by atoms with Crippen LogP contribution in [0.15, 0.2) is 40.2 Å². The lowest BCUT2D eigenvalue weighted by Crippen LogP contribution is -1.84. The third kappa shape index (κ3) is 2.03.